The molecule has 0 aromatic heterocycles. The Kier molecular flexibility index (Phi) is 6.05. The highest BCUT2D eigenvalue weighted by atomic mass is 79.9. The molecule has 0 spiro atoms. The van der Waals surface area contributed by atoms with Crippen LogP contribution in [0.1, 0.15) is 18.9 Å². The van der Waals surface area contributed by atoms with Crippen molar-refractivity contribution >= 4 is 21.8 Å². The molecule has 1 aromatic rings. The van der Waals surface area contributed by atoms with Crippen LogP contribution in [-0.2, 0) is 11.2 Å². The number of nitrogens with one attached hydrogen (secondary N) is 1. The summed E-state index contributed by atoms with van der Waals surface area (Å²) < 4.78 is 0. The minimum absolute atomic E-state index is 0.0482. The molecule has 1 atom stereocenters. The third-order valence-electron chi connectivity index (χ3n) is 2.59. The first kappa shape index (κ1) is 14.0. The molecule has 0 saturated heterocycles. The third kappa shape index (κ3) is 5.22. The fourth-order valence-electron chi connectivity index (χ4n) is 1.47. The van der Waals surface area contributed by atoms with Crippen LogP contribution in [0.3, 0.4) is 0 Å². The van der Waals surface area contributed by atoms with E-state index in [2.05, 4.69) is 28.2 Å². The van der Waals surface area contributed by atoms with E-state index in [4.69, 9.17) is 0 Å². The van der Waals surface area contributed by atoms with Gasteiger partial charge in [-0.1, -0.05) is 41.1 Å². The van der Waals surface area contributed by atoms with Gasteiger partial charge in [0.2, 0.25) is 5.91 Å². The highest BCUT2D eigenvalue weighted by Gasteiger charge is 2.08. The van der Waals surface area contributed by atoms with Crippen molar-refractivity contribution < 1.29 is 9.90 Å². The Labute approximate surface area is 110 Å². The van der Waals surface area contributed by atoms with E-state index in [9.17, 15) is 9.90 Å². The average Bonchev–Trinajstić information content (AvgIpc) is 2.30. The summed E-state index contributed by atoms with van der Waals surface area (Å²) in [6.07, 6.45) is 1.27. The molecule has 4 heteroatoms. The Morgan fingerprint density at radius 3 is 2.82 bits per heavy atom. The van der Waals surface area contributed by atoms with Crippen molar-refractivity contribution in [2.24, 2.45) is 5.92 Å². The summed E-state index contributed by atoms with van der Waals surface area (Å²) in [4.78, 5) is 11.6. The number of para-hydroxylation sites is 1. The number of amides is 1. The lowest BCUT2D eigenvalue weighted by Gasteiger charge is -2.11. The van der Waals surface area contributed by atoms with Gasteiger partial charge in [-0.15, -0.1) is 0 Å². The molecule has 94 valence electrons. The normalized spacial score (nSPS) is 12.1. The van der Waals surface area contributed by atoms with Crippen molar-refractivity contribution in [2.75, 3.05) is 11.9 Å². The zero-order valence-corrected chi connectivity index (χ0v) is 11.5. The molecule has 0 saturated carbocycles. The Morgan fingerprint density at radius 2 is 2.18 bits per heavy atom. The van der Waals surface area contributed by atoms with Crippen molar-refractivity contribution in [3.05, 3.63) is 29.8 Å². The van der Waals surface area contributed by atoms with Gasteiger partial charge in [-0.2, -0.15) is 0 Å². The lowest BCUT2D eigenvalue weighted by molar-refractivity contribution is -0.120. The first-order valence-electron chi connectivity index (χ1n) is 5.73. The Bertz CT molecular complexity index is 368. The molecule has 2 N–H and O–H groups in total. The average molecular weight is 300 g/mol. The predicted octanol–water partition coefficient (Wildman–Crippen LogP) is 2.47. The van der Waals surface area contributed by atoms with E-state index in [1.54, 1.807) is 18.2 Å². The topological polar surface area (TPSA) is 49.3 Å². The summed E-state index contributed by atoms with van der Waals surface area (Å²) in [6, 6.07) is 6.91. The number of alkyl halides is 1. The molecular formula is C13H18BrNO2. The second-order valence-electron chi connectivity index (χ2n) is 4.19. The summed E-state index contributed by atoms with van der Waals surface area (Å²) >= 11 is 3.37. The van der Waals surface area contributed by atoms with Crippen molar-refractivity contribution in [3.63, 3.8) is 0 Å². The number of carbonyl (C=O) groups is 1. The van der Waals surface area contributed by atoms with E-state index in [0.29, 0.717) is 18.0 Å². The van der Waals surface area contributed by atoms with Gasteiger partial charge in [0.15, 0.2) is 0 Å². The van der Waals surface area contributed by atoms with Crippen LogP contribution in [0.25, 0.3) is 0 Å². The van der Waals surface area contributed by atoms with E-state index < -0.39 is 0 Å². The molecule has 0 fully saturated rings. The third-order valence-corrected chi connectivity index (χ3v) is 3.05. The Balaban J connectivity index is 2.37. The number of hydrogen-bond acceptors (Lipinski definition) is 2. The van der Waals surface area contributed by atoms with Gasteiger partial charge < -0.3 is 10.4 Å². The molecule has 1 rings (SSSR count). The maximum Gasteiger partial charge on any atom is 0.224 e. The summed E-state index contributed by atoms with van der Waals surface area (Å²) in [5.74, 6) is 0.590. The number of phenolic OH excluding ortho intramolecular Hbond substituents is 1. The van der Waals surface area contributed by atoms with Gasteiger partial charge in [-0.25, -0.2) is 0 Å². The van der Waals surface area contributed by atoms with Crippen LogP contribution in [0.2, 0.25) is 0 Å². The second-order valence-corrected chi connectivity index (χ2v) is 4.99. The van der Waals surface area contributed by atoms with E-state index >= 15 is 0 Å². The number of aromatic hydroxyl groups is 1. The molecule has 3 nitrogen and oxygen atoms in total. The summed E-state index contributed by atoms with van der Waals surface area (Å²) in [5.41, 5.74) is 0.665. The summed E-state index contributed by atoms with van der Waals surface area (Å²) in [6.45, 7) is 2.78. The van der Waals surface area contributed by atoms with Crippen molar-refractivity contribution in [1.82, 2.24) is 5.32 Å². The number of halogens is 1. The van der Waals surface area contributed by atoms with Gasteiger partial charge in [0.1, 0.15) is 5.75 Å². The fraction of sp³-hybridized carbons (Fsp3) is 0.462. The summed E-state index contributed by atoms with van der Waals surface area (Å²) in [5, 5.41) is 13.4. The molecular weight excluding hydrogens is 282 g/mol. The number of rotatable bonds is 6. The standard InChI is InChI=1S/C13H18BrNO2/c1-10(6-7-14)9-15-13(17)8-11-4-2-3-5-12(11)16/h2-5,10,16H,6-9H2,1H3,(H,15,17). The Morgan fingerprint density at radius 1 is 1.47 bits per heavy atom. The molecule has 0 aliphatic rings. The van der Waals surface area contributed by atoms with Crippen LogP contribution in [0, 0.1) is 5.92 Å². The molecule has 0 bridgehead atoms. The first-order chi connectivity index (χ1) is 8.13. The minimum atomic E-state index is -0.0482. The van der Waals surface area contributed by atoms with E-state index in [-0.39, 0.29) is 18.1 Å². The van der Waals surface area contributed by atoms with Gasteiger partial charge in [0, 0.05) is 17.4 Å². The highest BCUT2D eigenvalue weighted by molar-refractivity contribution is 9.09. The predicted molar refractivity (Wildman–Crippen MR) is 72.4 cm³/mol. The Hall–Kier alpha value is -1.03. The zero-order chi connectivity index (χ0) is 12.7. The van der Waals surface area contributed by atoms with Gasteiger partial charge >= 0.3 is 0 Å². The van der Waals surface area contributed by atoms with E-state index in [0.717, 1.165) is 11.8 Å². The molecule has 0 aliphatic heterocycles. The van der Waals surface area contributed by atoms with Crippen LogP contribution in [0.5, 0.6) is 5.75 Å². The maximum atomic E-state index is 11.6. The largest absolute Gasteiger partial charge is 0.508 e. The van der Waals surface area contributed by atoms with Crippen LogP contribution < -0.4 is 5.32 Å². The van der Waals surface area contributed by atoms with Gasteiger partial charge in [-0.05, 0) is 18.4 Å². The number of benzene rings is 1. The lowest BCUT2D eigenvalue weighted by atomic mass is 10.1. The maximum absolute atomic E-state index is 11.6. The van der Waals surface area contributed by atoms with Crippen molar-refractivity contribution in [3.8, 4) is 5.75 Å². The van der Waals surface area contributed by atoms with Crippen LogP contribution in [-0.4, -0.2) is 22.9 Å². The SMILES string of the molecule is CC(CCBr)CNC(=O)Cc1ccccc1O. The summed E-state index contributed by atoms with van der Waals surface area (Å²) in [7, 11) is 0. The molecule has 0 radical (unpaired) electrons. The molecule has 1 unspecified atom stereocenters. The van der Waals surface area contributed by atoms with E-state index in [1.807, 2.05) is 6.07 Å². The number of phenols is 1. The lowest BCUT2D eigenvalue weighted by Crippen LogP contribution is -2.29. The smallest absolute Gasteiger partial charge is 0.224 e. The van der Waals surface area contributed by atoms with Gasteiger partial charge in [0.05, 0.1) is 6.42 Å². The number of hydrogen-bond donors (Lipinski definition) is 2. The molecule has 1 aromatic carbocycles. The van der Waals surface area contributed by atoms with Gasteiger partial charge in [-0.3, -0.25) is 4.79 Å². The molecule has 17 heavy (non-hydrogen) atoms. The van der Waals surface area contributed by atoms with Gasteiger partial charge in [0.25, 0.3) is 0 Å². The zero-order valence-electron chi connectivity index (χ0n) is 9.95. The quantitative estimate of drug-likeness (QED) is 0.793. The van der Waals surface area contributed by atoms with Crippen LogP contribution in [0.15, 0.2) is 24.3 Å². The number of carbonyl (C=O) groups excluding carboxylic acids is 1. The fourth-order valence-corrected chi connectivity index (χ4v) is 2.25. The van der Waals surface area contributed by atoms with Crippen molar-refractivity contribution in [2.45, 2.75) is 19.8 Å². The molecule has 1 amide bonds. The van der Waals surface area contributed by atoms with Crippen LogP contribution >= 0.6 is 15.9 Å². The second kappa shape index (κ2) is 7.33. The monoisotopic (exact) mass is 299 g/mol. The minimum Gasteiger partial charge on any atom is -0.508 e. The van der Waals surface area contributed by atoms with Crippen LogP contribution in [0.4, 0.5) is 0 Å². The first-order valence-corrected chi connectivity index (χ1v) is 6.85. The van der Waals surface area contributed by atoms with E-state index in [1.165, 1.54) is 0 Å². The van der Waals surface area contributed by atoms with Crippen molar-refractivity contribution in [1.29, 1.82) is 0 Å². The molecule has 0 aliphatic carbocycles. The molecule has 0 heterocycles. The highest BCUT2D eigenvalue weighted by Crippen LogP contribution is 2.15.